The molecule has 0 amide bonds. The highest BCUT2D eigenvalue weighted by Crippen LogP contribution is 2.33. The molecule has 20 heavy (non-hydrogen) atoms. The summed E-state index contributed by atoms with van der Waals surface area (Å²) in [5, 5.41) is 0. The van der Waals surface area contributed by atoms with Gasteiger partial charge in [-0.25, -0.2) is 17.8 Å². The number of aromatic nitrogens is 1. The van der Waals surface area contributed by atoms with Crippen LogP contribution in [0, 0.1) is 5.82 Å². The van der Waals surface area contributed by atoms with Gasteiger partial charge in [0.2, 0.25) is 5.88 Å². The van der Waals surface area contributed by atoms with E-state index in [-0.39, 0.29) is 26.7 Å². The average molecular weight is 361 g/mol. The number of pyridine rings is 1. The second kappa shape index (κ2) is 5.37. The van der Waals surface area contributed by atoms with Crippen molar-refractivity contribution >= 4 is 31.5 Å². The summed E-state index contributed by atoms with van der Waals surface area (Å²) in [6.45, 7) is 0. The number of nitrogen functional groups attached to an aromatic ring is 1. The molecule has 8 heteroatoms. The Balaban J connectivity index is 2.49. The first-order valence-corrected chi connectivity index (χ1v) is 8.05. The van der Waals surface area contributed by atoms with Crippen LogP contribution in [0.2, 0.25) is 0 Å². The van der Waals surface area contributed by atoms with E-state index >= 15 is 0 Å². The van der Waals surface area contributed by atoms with Crippen molar-refractivity contribution in [3.05, 3.63) is 40.8 Å². The van der Waals surface area contributed by atoms with E-state index in [0.29, 0.717) is 0 Å². The second-order valence-corrected chi connectivity index (χ2v) is 6.82. The summed E-state index contributed by atoms with van der Waals surface area (Å²) in [6, 6.07) is 5.20. The Morgan fingerprint density at radius 1 is 1.40 bits per heavy atom. The molecule has 0 aliphatic carbocycles. The highest BCUT2D eigenvalue weighted by Gasteiger charge is 2.17. The van der Waals surface area contributed by atoms with E-state index in [1.54, 1.807) is 0 Å². The molecule has 1 aromatic heterocycles. The lowest BCUT2D eigenvalue weighted by Crippen LogP contribution is -2.03. The Kier molecular flexibility index (Phi) is 3.96. The van der Waals surface area contributed by atoms with Crippen molar-refractivity contribution in [1.29, 1.82) is 0 Å². The van der Waals surface area contributed by atoms with Crippen molar-refractivity contribution in [2.24, 2.45) is 0 Å². The third-order valence-corrected chi connectivity index (χ3v) is 4.11. The highest BCUT2D eigenvalue weighted by molar-refractivity contribution is 9.10. The first kappa shape index (κ1) is 14.7. The van der Waals surface area contributed by atoms with Crippen molar-refractivity contribution in [3.63, 3.8) is 0 Å². The Hall–Kier alpha value is -1.67. The third kappa shape index (κ3) is 3.07. The molecular weight excluding hydrogens is 351 g/mol. The molecule has 2 aromatic rings. The summed E-state index contributed by atoms with van der Waals surface area (Å²) >= 11 is 2.99. The lowest BCUT2D eigenvalue weighted by atomic mass is 10.3. The molecule has 0 saturated heterocycles. The zero-order valence-electron chi connectivity index (χ0n) is 10.3. The van der Waals surface area contributed by atoms with Crippen molar-refractivity contribution < 1.29 is 17.5 Å². The van der Waals surface area contributed by atoms with Gasteiger partial charge >= 0.3 is 0 Å². The number of anilines is 1. The minimum Gasteiger partial charge on any atom is -0.435 e. The fourth-order valence-corrected chi connectivity index (χ4v) is 2.57. The molecular formula is C12H10BrFN2O3S. The zero-order valence-corrected chi connectivity index (χ0v) is 12.7. The lowest BCUT2D eigenvalue weighted by Gasteiger charge is -2.11. The summed E-state index contributed by atoms with van der Waals surface area (Å²) in [6.07, 6.45) is 2.40. The minimum atomic E-state index is -3.52. The maximum absolute atomic E-state index is 13.5. The molecule has 0 bridgehead atoms. The molecule has 0 unspecified atom stereocenters. The Morgan fingerprint density at radius 2 is 2.10 bits per heavy atom. The second-order valence-electron chi connectivity index (χ2n) is 3.99. The SMILES string of the molecule is CS(=O)(=O)c1cccnc1Oc1cc(F)c(Br)cc1N. The summed E-state index contributed by atoms with van der Waals surface area (Å²) in [4.78, 5) is 3.75. The van der Waals surface area contributed by atoms with Gasteiger partial charge in [0.1, 0.15) is 10.7 Å². The van der Waals surface area contributed by atoms with Crippen LogP contribution in [0.4, 0.5) is 10.1 Å². The van der Waals surface area contributed by atoms with E-state index in [9.17, 15) is 12.8 Å². The summed E-state index contributed by atoms with van der Waals surface area (Å²) in [5.74, 6) is -0.733. The highest BCUT2D eigenvalue weighted by atomic mass is 79.9. The molecule has 1 heterocycles. The average Bonchev–Trinajstić information content (AvgIpc) is 2.35. The summed E-state index contributed by atoms with van der Waals surface area (Å²) in [7, 11) is -3.52. The standard InChI is InChI=1S/C12H10BrFN2O3S/c1-20(17,18)11-3-2-4-16-12(11)19-10-6-8(14)7(13)5-9(10)15/h2-6H,15H2,1H3. The van der Waals surface area contributed by atoms with Crippen LogP contribution >= 0.6 is 15.9 Å². The number of nitrogens with zero attached hydrogens (tertiary/aromatic N) is 1. The van der Waals surface area contributed by atoms with Gasteiger partial charge in [-0.05, 0) is 34.1 Å². The molecule has 0 aliphatic rings. The maximum atomic E-state index is 13.5. The van der Waals surface area contributed by atoms with E-state index in [4.69, 9.17) is 10.5 Å². The maximum Gasteiger partial charge on any atom is 0.238 e. The number of nitrogens with two attached hydrogens (primary N) is 1. The zero-order chi connectivity index (χ0) is 14.9. The van der Waals surface area contributed by atoms with Crippen LogP contribution in [0.1, 0.15) is 0 Å². The van der Waals surface area contributed by atoms with E-state index in [1.807, 2.05) is 0 Å². The summed E-state index contributed by atoms with van der Waals surface area (Å²) in [5.41, 5.74) is 5.85. The topological polar surface area (TPSA) is 82.3 Å². The van der Waals surface area contributed by atoms with E-state index in [1.165, 1.54) is 24.4 Å². The first-order valence-electron chi connectivity index (χ1n) is 5.36. The molecule has 0 aliphatic heterocycles. The van der Waals surface area contributed by atoms with Gasteiger partial charge in [0.05, 0.1) is 10.2 Å². The smallest absolute Gasteiger partial charge is 0.238 e. The van der Waals surface area contributed by atoms with Gasteiger partial charge in [-0.2, -0.15) is 0 Å². The molecule has 1 aromatic carbocycles. The van der Waals surface area contributed by atoms with Gasteiger partial charge in [0, 0.05) is 18.5 Å². The number of rotatable bonds is 3. The van der Waals surface area contributed by atoms with E-state index in [0.717, 1.165) is 12.3 Å². The van der Waals surface area contributed by atoms with E-state index < -0.39 is 15.7 Å². The molecule has 5 nitrogen and oxygen atoms in total. The van der Waals surface area contributed by atoms with Crippen LogP contribution in [0.5, 0.6) is 11.6 Å². The van der Waals surface area contributed by atoms with Crippen LogP contribution < -0.4 is 10.5 Å². The van der Waals surface area contributed by atoms with Gasteiger partial charge in [0.15, 0.2) is 15.6 Å². The van der Waals surface area contributed by atoms with Gasteiger partial charge in [-0.1, -0.05) is 0 Å². The molecule has 0 fully saturated rings. The number of sulfone groups is 1. The fourth-order valence-electron chi connectivity index (χ4n) is 1.47. The van der Waals surface area contributed by atoms with Crippen molar-refractivity contribution in [2.45, 2.75) is 4.90 Å². The Labute approximate surface area is 123 Å². The van der Waals surface area contributed by atoms with Gasteiger partial charge in [-0.15, -0.1) is 0 Å². The molecule has 0 saturated carbocycles. The van der Waals surface area contributed by atoms with Crippen LogP contribution in [0.25, 0.3) is 0 Å². The van der Waals surface area contributed by atoms with Crippen LogP contribution in [-0.4, -0.2) is 19.7 Å². The monoisotopic (exact) mass is 360 g/mol. The quantitative estimate of drug-likeness (QED) is 0.851. The van der Waals surface area contributed by atoms with Crippen molar-refractivity contribution in [2.75, 3.05) is 12.0 Å². The predicted octanol–water partition coefficient (Wildman–Crippen LogP) is 2.76. The van der Waals surface area contributed by atoms with E-state index in [2.05, 4.69) is 20.9 Å². The number of halogens is 2. The number of hydrogen-bond acceptors (Lipinski definition) is 5. The van der Waals surface area contributed by atoms with Crippen molar-refractivity contribution in [1.82, 2.24) is 4.98 Å². The number of hydrogen-bond donors (Lipinski definition) is 1. The molecule has 2 rings (SSSR count). The number of benzene rings is 1. The largest absolute Gasteiger partial charge is 0.435 e. The lowest BCUT2D eigenvalue weighted by molar-refractivity contribution is 0.445. The molecule has 0 radical (unpaired) electrons. The van der Waals surface area contributed by atoms with Gasteiger partial charge in [0.25, 0.3) is 0 Å². The molecule has 0 atom stereocenters. The predicted molar refractivity (Wildman–Crippen MR) is 75.9 cm³/mol. The van der Waals surface area contributed by atoms with Crippen LogP contribution in [0.3, 0.4) is 0 Å². The molecule has 2 N–H and O–H groups in total. The Bertz CT molecular complexity index is 765. The molecule has 0 spiro atoms. The minimum absolute atomic E-state index is 0.00528. The van der Waals surface area contributed by atoms with Gasteiger partial charge in [-0.3, -0.25) is 0 Å². The number of ether oxygens (including phenoxy) is 1. The molecule has 106 valence electrons. The van der Waals surface area contributed by atoms with Gasteiger partial charge < -0.3 is 10.5 Å². The van der Waals surface area contributed by atoms with Crippen molar-refractivity contribution in [3.8, 4) is 11.6 Å². The summed E-state index contributed by atoms with van der Waals surface area (Å²) < 4.78 is 42.2. The van der Waals surface area contributed by atoms with Crippen LogP contribution in [-0.2, 0) is 9.84 Å². The Morgan fingerprint density at radius 3 is 2.75 bits per heavy atom. The normalized spacial score (nSPS) is 11.3. The first-order chi connectivity index (χ1) is 9.29. The van der Waals surface area contributed by atoms with Crippen LogP contribution in [0.15, 0.2) is 39.8 Å². The third-order valence-electron chi connectivity index (χ3n) is 2.40. The fraction of sp³-hybridized carbons (Fsp3) is 0.0833.